The maximum atomic E-state index is 11.8. The molecule has 2 aromatic rings. The smallest absolute Gasteiger partial charge is 0.324 e. The Kier molecular flexibility index (Phi) is 6.75. The Morgan fingerprint density at radius 1 is 1.37 bits per heavy atom. The van der Waals surface area contributed by atoms with Crippen molar-refractivity contribution < 1.29 is 28.3 Å². The molecule has 2 atom stereocenters. The van der Waals surface area contributed by atoms with Crippen LogP contribution in [-0.2, 0) is 22.8 Å². The van der Waals surface area contributed by atoms with Crippen LogP contribution in [0.5, 0.6) is 11.5 Å². The van der Waals surface area contributed by atoms with Gasteiger partial charge in [0.25, 0.3) is 10.7 Å². The maximum Gasteiger partial charge on any atom is 0.324 e. The molecule has 0 saturated carbocycles. The van der Waals surface area contributed by atoms with Gasteiger partial charge >= 0.3 is 5.97 Å². The van der Waals surface area contributed by atoms with Crippen LogP contribution >= 0.6 is 24.0 Å². The number of nitrogens with one attached hydrogen (secondary N) is 1. The van der Waals surface area contributed by atoms with E-state index in [-0.39, 0.29) is 17.8 Å². The van der Waals surface area contributed by atoms with Gasteiger partial charge in [0.05, 0.1) is 20.8 Å². The molecule has 3 rings (SSSR count). The minimum atomic E-state index is -0.186. The van der Waals surface area contributed by atoms with E-state index in [1.807, 2.05) is 24.3 Å². The monoisotopic (exact) mass is 412 g/mol. The van der Waals surface area contributed by atoms with E-state index >= 15 is 0 Å². The third kappa shape index (κ3) is 5.24. The van der Waals surface area contributed by atoms with Gasteiger partial charge in [0, 0.05) is 5.75 Å². The molecule has 1 unspecified atom stereocenters. The molecule has 0 radical (unpaired) electrons. The molecule has 2 heterocycles. The molecule has 1 aromatic heterocycles. The molecule has 1 aliphatic heterocycles. The van der Waals surface area contributed by atoms with Gasteiger partial charge in [-0.2, -0.15) is 4.68 Å². The Morgan fingerprint density at radius 2 is 2.11 bits per heavy atom. The van der Waals surface area contributed by atoms with Gasteiger partial charge in [0.2, 0.25) is 0 Å². The van der Waals surface area contributed by atoms with E-state index in [1.54, 1.807) is 23.6 Å². The maximum absolute atomic E-state index is 11.8. The molecule has 1 aromatic carbocycles. The molecule has 10 heteroatoms. The first-order valence-electron chi connectivity index (χ1n) is 8.45. The van der Waals surface area contributed by atoms with Gasteiger partial charge in [-0.1, -0.05) is 0 Å². The Bertz CT molecular complexity index is 821. The molecule has 1 N–H and O–H groups in total. The molecular weight excluding hydrogens is 390 g/mol. The third-order valence-electron chi connectivity index (χ3n) is 4.16. The van der Waals surface area contributed by atoms with Crippen molar-refractivity contribution in [2.45, 2.75) is 18.5 Å². The van der Waals surface area contributed by atoms with Crippen molar-refractivity contribution in [1.29, 1.82) is 0 Å². The summed E-state index contributed by atoms with van der Waals surface area (Å²) in [5.41, 5.74) is 0. The fourth-order valence-corrected chi connectivity index (χ4v) is 4.21. The molecule has 1 aliphatic rings. The highest BCUT2D eigenvalue weighted by Gasteiger charge is 2.30. The molecule has 27 heavy (non-hydrogen) atoms. The number of carbonyl (C=O) groups excluding carboxylic acids is 1. The molecular formula is C17H22N3O5S2+. The van der Waals surface area contributed by atoms with Crippen LogP contribution in [0.25, 0.3) is 0 Å². The standard InChI is InChI=1S/C17H21N3O5S2/c1-22-12-3-5-13(6-4-12)24-10-15-18-20(17(26)25-15)11-19-7-8-27-14(9-19)16(21)23-2/h3-6,14H,7-11H2,1-2H3/p+1/t14-/m1/s1. The number of ether oxygens (including phenoxy) is 3. The number of quaternary nitrogens is 1. The summed E-state index contributed by atoms with van der Waals surface area (Å²) in [5.74, 6) is 2.55. The number of thioether (sulfide) groups is 1. The van der Waals surface area contributed by atoms with Gasteiger partial charge in [-0.25, -0.2) is 0 Å². The topological polar surface area (TPSA) is 80.2 Å². The number of benzene rings is 1. The largest absolute Gasteiger partial charge is 0.497 e. The van der Waals surface area contributed by atoms with E-state index in [0.29, 0.717) is 29.7 Å². The van der Waals surface area contributed by atoms with Gasteiger partial charge in [0.15, 0.2) is 18.5 Å². The van der Waals surface area contributed by atoms with E-state index in [4.69, 9.17) is 30.8 Å². The third-order valence-corrected chi connectivity index (χ3v) is 5.65. The van der Waals surface area contributed by atoms with Crippen LogP contribution in [-0.4, -0.2) is 54.1 Å². The SMILES string of the molecule is COC(=O)[C@H]1C[NH+](Cn2nc(COc3ccc(OC)cc3)oc2=S)CCS1. The summed E-state index contributed by atoms with van der Waals surface area (Å²) in [6, 6.07) is 7.26. The lowest BCUT2D eigenvalue weighted by Gasteiger charge is -2.27. The molecule has 0 bridgehead atoms. The van der Waals surface area contributed by atoms with Gasteiger partial charge in [-0.05, 0) is 36.5 Å². The number of esters is 1. The predicted molar refractivity (Wildman–Crippen MR) is 102 cm³/mol. The molecule has 1 fully saturated rings. The van der Waals surface area contributed by atoms with Gasteiger partial charge < -0.3 is 23.5 Å². The number of aromatic nitrogens is 2. The number of hydrogen-bond acceptors (Lipinski definition) is 8. The van der Waals surface area contributed by atoms with Gasteiger partial charge in [-0.3, -0.25) is 4.79 Å². The van der Waals surface area contributed by atoms with E-state index in [9.17, 15) is 4.79 Å². The lowest BCUT2D eigenvalue weighted by Crippen LogP contribution is -3.14. The van der Waals surface area contributed by atoms with E-state index in [2.05, 4.69) is 5.10 Å². The highest BCUT2D eigenvalue weighted by atomic mass is 32.2. The first-order chi connectivity index (χ1) is 13.1. The summed E-state index contributed by atoms with van der Waals surface area (Å²) in [6.45, 7) is 2.31. The van der Waals surface area contributed by atoms with Crippen LogP contribution < -0.4 is 14.4 Å². The summed E-state index contributed by atoms with van der Waals surface area (Å²) >= 11 is 6.88. The van der Waals surface area contributed by atoms with Crippen molar-refractivity contribution in [1.82, 2.24) is 9.78 Å². The number of rotatable bonds is 7. The molecule has 0 amide bonds. The second-order valence-electron chi connectivity index (χ2n) is 5.97. The van der Waals surface area contributed by atoms with Crippen LogP contribution in [0.2, 0.25) is 0 Å². The van der Waals surface area contributed by atoms with Gasteiger partial charge in [-0.15, -0.1) is 16.9 Å². The van der Waals surface area contributed by atoms with Crippen molar-refractivity contribution in [3.63, 3.8) is 0 Å². The first-order valence-corrected chi connectivity index (χ1v) is 9.91. The fourth-order valence-electron chi connectivity index (χ4n) is 2.73. The minimum Gasteiger partial charge on any atom is -0.497 e. The van der Waals surface area contributed by atoms with Crippen LogP contribution in [0.1, 0.15) is 5.89 Å². The van der Waals surface area contributed by atoms with Gasteiger partial charge in [0.1, 0.15) is 18.0 Å². The molecule has 146 valence electrons. The van der Waals surface area contributed by atoms with Crippen molar-refractivity contribution in [2.24, 2.45) is 0 Å². The quantitative estimate of drug-likeness (QED) is 0.531. The van der Waals surface area contributed by atoms with Crippen LogP contribution in [0.3, 0.4) is 0 Å². The normalized spacial score (nSPS) is 19.5. The summed E-state index contributed by atoms with van der Waals surface area (Å²) in [4.78, 5) is 13.3. The average molecular weight is 413 g/mol. The summed E-state index contributed by atoms with van der Waals surface area (Å²) in [5, 5.41) is 4.24. The zero-order valence-electron chi connectivity index (χ0n) is 15.2. The number of methoxy groups -OCH3 is 2. The van der Waals surface area contributed by atoms with Crippen LogP contribution in [0, 0.1) is 4.84 Å². The summed E-state index contributed by atoms with van der Waals surface area (Å²) in [7, 11) is 3.03. The van der Waals surface area contributed by atoms with E-state index in [1.165, 1.54) is 12.0 Å². The summed E-state index contributed by atoms with van der Waals surface area (Å²) in [6.07, 6.45) is 0. The highest BCUT2D eigenvalue weighted by molar-refractivity contribution is 8.00. The molecule has 1 saturated heterocycles. The lowest BCUT2D eigenvalue weighted by molar-refractivity contribution is -0.921. The lowest BCUT2D eigenvalue weighted by atomic mass is 10.3. The van der Waals surface area contributed by atoms with Crippen LogP contribution in [0.4, 0.5) is 0 Å². The Labute approximate surface area is 166 Å². The number of hydrogen-bond donors (Lipinski definition) is 1. The van der Waals surface area contributed by atoms with Crippen LogP contribution in [0.15, 0.2) is 28.7 Å². The Morgan fingerprint density at radius 3 is 2.81 bits per heavy atom. The molecule has 0 aliphatic carbocycles. The van der Waals surface area contributed by atoms with E-state index in [0.717, 1.165) is 18.0 Å². The fraction of sp³-hybridized carbons (Fsp3) is 0.471. The zero-order chi connectivity index (χ0) is 19.2. The number of carbonyl (C=O) groups is 1. The second-order valence-corrected chi connectivity index (χ2v) is 7.63. The van der Waals surface area contributed by atoms with Crippen molar-refractivity contribution >= 4 is 29.9 Å². The van der Waals surface area contributed by atoms with E-state index < -0.39 is 0 Å². The predicted octanol–water partition coefficient (Wildman–Crippen LogP) is 0.924. The minimum absolute atomic E-state index is 0.155. The van der Waals surface area contributed by atoms with Crippen molar-refractivity contribution in [3.05, 3.63) is 35.0 Å². The number of nitrogens with zero attached hydrogens (tertiary/aromatic N) is 2. The molecule has 0 spiro atoms. The Hall–Kier alpha value is -2.04. The average Bonchev–Trinajstić information content (AvgIpc) is 3.05. The summed E-state index contributed by atoms with van der Waals surface area (Å²) < 4.78 is 22.8. The van der Waals surface area contributed by atoms with Crippen molar-refractivity contribution in [2.75, 3.05) is 33.1 Å². The van der Waals surface area contributed by atoms with Crippen molar-refractivity contribution in [3.8, 4) is 11.5 Å². The Balaban J connectivity index is 1.57. The molecule has 8 nitrogen and oxygen atoms in total. The zero-order valence-corrected chi connectivity index (χ0v) is 16.8. The second kappa shape index (κ2) is 9.25. The highest BCUT2D eigenvalue weighted by Crippen LogP contribution is 2.18. The first kappa shape index (κ1) is 19.7.